The van der Waals surface area contributed by atoms with E-state index in [9.17, 15) is 0 Å². The van der Waals surface area contributed by atoms with Gasteiger partial charge in [0.1, 0.15) is 5.75 Å². The minimum Gasteiger partial charge on any atom is -0.496 e. The van der Waals surface area contributed by atoms with Crippen molar-refractivity contribution < 1.29 is 14.7 Å². The van der Waals surface area contributed by atoms with Crippen LogP contribution in [0.2, 0.25) is 0 Å². The van der Waals surface area contributed by atoms with Gasteiger partial charge in [-0.15, -0.1) is 0 Å². The van der Waals surface area contributed by atoms with Crippen molar-refractivity contribution in [1.29, 1.82) is 0 Å². The quantitative estimate of drug-likeness (QED) is 0.296. The minimum atomic E-state index is 0.0776. The van der Waals surface area contributed by atoms with Crippen LogP contribution in [0.1, 0.15) is 18.1 Å². The van der Waals surface area contributed by atoms with Crippen LogP contribution in [0.3, 0.4) is 0 Å². The highest BCUT2D eigenvalue weighted by molar-refractivity contribution is 5.97. The smallest absolute Gasteiger partial charge is 0.170 e. The molecule has 106 valence electrons. The largest absolute Gasteiger partial charge is 0.496 e. The van der Waals surface area contributed by atoms with Crippen LogP contribution >= 0.6 is 0 Å². The summed E-state index contributed by atoms with van der Waals surface area (Å²) in [6.45, 7) is 3.27. The molecule has 0 saturated heterocycles. The Kier molecular flexibility index (Phi) is 6.11. The summed E-state index contributed by atoms with van der Waals surface area (Å²) in [5.74, 6) is 0.834. The van der Waals surface area contributed by atoms with Crippen LogP contribution in [0, 0.1) is 0 Å². The van der Waals surface area contributed by atoms with Gasteiger partial charge in [-0.25, -0.2) is 0 Å². The first-order valence-corrected chi connectivity index (χ1v) is 5.99. The van der Waals surface area contributed by atoms with E-state index >= 15 is 0 Å². The van der Waals surface area contributed by atoms with Gasteiger partial charge in [-0.2, -0.15) is 0 Å². The van der Waals surface area contributed by atoms with E-state index in [1.165, 1.54) is 0 Å². The van der Waals surface area contributed by atoms with Crippen molar-refractivity contribution in [2.75, 3.05) is 20.8 Å². The van der Waals surface area contributed by atoms with Gasteiger partial charge in [-0.3, -0.25) is 0 Å². The van der Waals surface area contributed by atoms with Crippen LogP contribution in [0.15, 0.2) is 23.4 Å². The summed E-state index contributed by atoms with van der Waals surface area (Å²) in [6.07, 6.45) is 0. The zero-order valence-electron chi connectivity index (χ0n) is 11.5. The molecule has 0 aliphatic rings. The number of nitrogens with two attached hydrogens (primary N) is 1. The predicted octanol–water partition coefficient (Wildman–Crippen LogP) is 0.914. The molecular formula is C13H21N3O3. The first kappa shape index (κ1) is 15.3. The Morgan fingerprint density at radius 2 is 2.21 bits per heavy atom. The van der Waals surface area contributed by atoms with Gasteiger partial charge < -0.3 is 25.7 Å². The topological polar surface area (TPSA) is 89.1 Å². The molecule has 19 heavy (non-hydrogen) atoms. The number of nitrogens with zero attached hydrogens (tertiary/aromatic N) is 1. The third-order valence-corrected chi connectivity index (χ3v) is 2.74. The molecule has 6 heteroatoms. The second-order valence-corrected chi connectivity index (χ2v) is 4.25. The SMILES string of the molecule is COCC(C)NCc1cc(/C(N)=N/O)ccc1OC. The van der Waals surface area contributed by atoms with E-state index in [1.54, 1.807) is 26.4 Å². The maximum atomic E-state index is 8.69. The lowest BCUT2D eigenvalue weighted by atomic mass is 10.1. The highest BCUT2D eigenvalue weighted by Gasteiger charge is 2.08. The molecule has 0 saturated carbocycles. The number of amidine groups is 1. The molecule has 0 heterocycles. The Morgan fingerprint density at radius 1 is 1.47 bits per heavy atom. The van der Waals surface area contributed by atoms with Crippen LogP contribution in [0.4, 0.5) is 0 Å². The number of benzene rings is 1. The number of rotatable bonds is 7. The van der Waals surface area contributed by atoms with Crippen molar-refractivity contribution in [1.82, 2.24) is 5.32 Å². The average molecular weight is 267 g/mol. The fourth-order valence-electron chi connectivity index (χ4n) is 1.73. The van der Waals surface area contributed by atoms with Crippen molar-refractivity contribution >= 4 is 5.84 Å². The summed E-state index contributed by atoms with van der Waals surface area (Å²) in [7, 11) is 3.28. The molecule has 0 aliphatic carbocycles. The van der Waals surface area contributed by atoms with Crippen molar-refractivity contribution in [3.05, 3.63) is 29.3 Å². The van der Waals surface area contributed by atoms with Crippen molar-refractivity contribution in [3.8, 4) is 5.75 Å². The maximum Gasteiger partial charge on any atom is 0.170 e. The highest BCUT2D eigenvalue weighted by Crippen LogP contribution is 2.19. The van der Waals surface area contributed by atoms with Crippen molar-refractivity contribution in [3.63, 3.8) is 0 Å². The number of hydrogen-bond acceptors (Lipinski definition) is 5. The molecule has 0 amide bonds. The van der Waals surface area contributed by atoms with Gasteiger partial charge in [-0.05, 0) is 25.1 Å². The van der Waals surface area contributed by atoms with Crippen LogP contribution in [-0.4, -0.2) is 37.9 Å². The van der Waals surface area contributed by atoms with Crippen LogP contribution in [-0.2, 0) is 11.3 Å². The van der Waals surface area contributed by atoms with E-state index in [4.69, 9.17) is 20.4 Å². The average Bonchev–Trinajstić information content (AvgIpc) is 2.44. The summed E-state index contributed by atoms with van der Waals surface area (Å²) in [5, 5.41) is 15.0. The lowest BCUT2D eigenvalue weighted by Gasteiger charge is -2.15. The fraction of sp³-hybridized carbons (Fsp3) is 0.462. The lowest BCUT2D eigenvalue weighted by Crippen LogP contribution is -2.29. The second kappa shape index (κ2) is 7.60. The third-order valence-electron chi connectivity index (χ3n) is 2.74. The Hall–Kier alpha value is -1.79. The van der Waals surface area contributed by atoms with Gasteiger partial charge in [-0.1, -0.05) is 5.16 Å². The van der Waals surface area contributed by atoms with Crippen LogP contribution < -0.4 is 15.8 Å². The lowest BCUT2D eigenvalue weighted by molar-refractivity contribution is 0.171. The third kappa shape index (κ3) is 4.42. The van der Waals surface area contributed by atoms with E-state index in [0.717, 1.165) is 11.3 Å². The van der Waals surface area contributed by atoms with E-state index in [2.05, 4.69) is 10.5 Å². The summed E-state index contributed by atoms with van der Waals surface area (Å²) in [5.41, 5.74) is 7.17. The van der Waals surface area contributed by atoms with Gasteiger partial charge >= 0.3 is 0 Å². The Balaban J connectivity index is 2.84. The summed E-state index contributed by atoms with van der Waals surface area (Å²) in [6, 6.07) is 5.60. The van der Waals surface area contributed by atoms with Crippen molar-refractivity contribution in [2.24, 2.45) is 10.9 Å². The molecule has 1 aromatic carbocycles. The normalized spacial score (nSPS) is 13.3. The molecule has 0 bridgehead atoms. The van der Waals surface area contributed by atoms with Gasteiger partial charge in [0.05, 0.1) is 13.7 Å². The summed E-state index contributed by atoms with van der Waals surface area (Å²) in [4.78, 5) is 0. The molecule has 1 aromatic rings. The standard InChI is InChI=1S/C13H21N3O3/c1-9(8-18-2)15-7-11-6-10(13(14)16-17)4-5-12(11)19-3/h4-6,9,15,17H,7-8H2,1-3H3,(H2,14,16). The van der Waals surface area contributed by atoms with E-state index < -0.39 is 0 Å². The van der Waals surface area contributed by atoms with Gasteiger partial charge in [0.2, 0.25) is 0 Å². The van der Waals surface area contributed by atoms with Crippen LogP contribution in [0.5, 0.6) is 5.75 Å². The zero-order valence-corrected chi connectivity index (χ0v) is 11.5. The first-order chi connectivity index (χ1) is 9.12. The molecule has 0 spiro atoms. The summed E-state index contributed by atoms with van der Waals surface area (Å²) >= 11 is 0. The molecular weight excluding hydrogens is 246 g/mol. The van der Waals surface area contributed by atoms with Crippen LogP contribution in [0.25, 0.3) is 0 Å². The summed E-state index contributed by atoms with van der Waals surface area (Å²) < 4.78 is 10.4. The van der Waals surface area contributed by atoms with Gasteiger partial charge in [0.25, 0.3) is 0 Å². The maximum absolute atomic E-state index is 8.69. The molecule has 1 unspecified atom stereocenters. The Morgan fingerprint density at radius 3 is 2.79 bits per heavy atom. The molecule has 4 N–H and O–H groups in total. The molecule has 6 nitrogen and oxygen atoms in total. The monoisotopic (exact) mass is 267 g/mol. The van der Waals surface area contributed by atoms with E-state index in [-0.39, 0.29) is 11.9 Å². The Labute approximate surface area is 113 Å². The van der Waals surface area contributed by atoms with E-state index in [0.29, 0.717) is 18.7 Å². The number of ether oxygens (including phenoxy) is 2. The molecule has 0 aromatic heterocycles. The molecule has 0 aliphatic heterocycles. The molecule has 1 rings (SSSR count). The van der Waals surface area contributed by atoms with E-state index in [1.807, 2.05) is 13.0 Å². The number of oxime groups is 1. The molecule has 1 atom stereocenters. The highest BCUT2D eigenvalue weighted by atomic mass is 16.5. The number of methoxy groups -OCH3 is 2. The Bertz CT molecular complexity index is 435. The van der Waals surface area contributed by atoms with Gasteiger partial charge in [0.15, 0.2) is 5.84 Å². The molecule has 0 radical (unpaired) electrons. The van der Waals surface area contributed by atoms with Gasteiger partial charge in [0, 0.05) is 30.8 Å². The first-order valence-electron chi connectivity index (χ1n) is 5.99. The number of nitrogens with one attached hydrogen (secondary N) is 1. The second-order valence-electron chi connectivity index (χ2n) is 4.25. The molecule has 0 fully saturated rings. The van der Waals surface area contributed by atoms with Crippen molar-refractivity contribution in [2.45, 2.75) is 19.5 Å². The fourth-order valence-corrected chi connectivity index (χ4v) is 1.73. The number of hydrogen-bond donors (Lipinski definition) is 3. The zero-order chi connectivity index (χ0) is 14.3. The minimum absolute atomic E-state index is 0.0776. The predicted molar refractivity (Wildman–Crippen MR) is 73.7 cm³/mol.